The molecule has 13 heavy (non-hydrogen) atoms. The van der Waals surface area contributed by atoms with Crippen LogP contribution in [0.15, 0.2) is 34.7 Å². The lowest BCUT2D eigenvalue weighted by molar-refractivity contribution is 0.242. The first kappa shape index (κ1) is 7.86. The fourth-order valence-electron chi connectivity index (χ4n) is 1.21. The molecule has 0 N–H and O–H groups in total. The maximum Gasteiger partial charge on any atom is 0.417 e. The molecule has 3 nitrogen and oxygen atoms in total. The van der Waals surface area contributed by atoms with Crippen molar-refractivity contribution in [3.63, 3.8) is 0 Å². The Balaban J connectivity index is 2.32. The molecule has 65 valence electrons. The van der Waals surface area contributed by atoms with Crippen molar-refractivity contribution in [3.05, 3.63) is 36.1 Å². The van der Waals surface area contributed by atoms with Crippen LogP contribution in [-0.4, -0.2) is 6.47 Å². The fraction of sp³-hybridized carbons (Fsp3) is 0.100. The van der Waals surface area contributed by atoms with E-state index in [1.165, 1.54) is 6.47 Å². The number of benzene rings is 1. The second-order valence-electron chi connectivity index (χ2n) is 2.62. The maximum absolute atomic E-state index is 9.80. The first-order chi connectivity index (χ1) is 6.40. The molecule has 2 aromatic rings. The summed E-state index contributed by atoms with van der Waals surface area (Å²) < 4.78 is 9.82. The molecule has 2 rings (SSSR count). The molecule has 0 spiro atoms. The Morgan fingerprint density at radius 2 is 2.23 bits per heavy atom. The summed E-state index contributed by atoms with van der Waals surface area (Å²) in [6, 6.07) is 9.46. The minimum absolute atomic E-state index is 0.137. The Kier molecular flexibility index (Phi) is 2.00. The predicted octanol–water partition coefficient (Wildman–Crippen LogP) is 2.02. The summed E-state index contributed by atoms with van der Waals surface area (Å²) in [4.78, 5) is 9.80. The van der Waals surface area contributed by atoms with E-state index < -0.39 is 0 Å². The Labute approximate surface area is 74.9 Å². The third kappa shape index (κ3) is 1.54. The van der Waals surface area contributed by atoms with Gasteiger partial charge in [0.05, 0.1) is 0 Å². The van der Waals surface area contributed by atoms with E-state index in [9.17, 15) is 4.79 Å². The van der Waals surface area contributed by atoms with Gasteiger partial charge in [0.25, 0.3) is 0 Å². The summed E-state index contributed by atoms with van der Waals surface area (Å²) >= 11 is 0. The van der Waals surface area contributed by atoms with E-state index in [2.05, 4.69) is 4.74 Å². The second kappa shape index (κ2) is 3.31. The van der Waals surface area contributed by atoms with Crippen LogP contribution in [0.4, 0.5) is 0 Å². The van der Waals surface area contributed by atoms with E-state index in [4.69, 9.17) is 4.42 Å². The molecule has 0 saturated heterocycles. The van der Waals surface area contributed by atoms with Gasteiger partial charge in [0.15, 0.2) is 0 Å². The Morgan fingerprint density at radius 1 is 1.38 bits per heavy atom. The van der Waals surface area contributed by atoms with Crippen molar-refractivity contribution < 1.29 is 13.9 Å². The maximum atomic E-state index is 9.80. The van der Waals surface area contributed by atoms with Crippen molar-refractivity contribution in [1.29, 1.82) is 0 Å². The zero-order valence-corrected chi connectivity index (χ0v) is 6.82. The summed E-state index contributed by atoms with van der Waals surface area (Å²) in [6.45, 7) is 1.49. The minimum Gasteiger partial charge on any atom is -0.457 e. The van der Waals surface area contributed by atoms with Gasteiger partial charge in [0, 0.05) is 5.39 Å². The average Bonchev–Trinajstić information content (AvgIpc) is 2.57. The fourth-order valence-corrected chi connectivity index (χ4v) is 1.21. The molecule has 1 heterocycles. The van der Waals surface area contributed by atoms with Crippen LogP contribution in [0.5, 0.6) is 0 Å². The van der Waals surface area contributed by atoms with Crippen molar-refractivity contribution in [2.24, 2.45) is 0 Å². The van der Waals surface area contributed by atoms with E-state index in [0.717, 1.165) is 11.0 Å². The predicted molar refractivity (Wildman–Crippen MR) is 46.7 cm³/mol. The van der Waals surface area contributed by atoms with Crippen LogP contribution in [-0.2, 0) is 16.1 Å². The van der Waals surface area contributed by atoms with Crippen LogP contribution in [0.1, 0.15) is 5.76 Å². The molecule has 1 radical (unpaired) electrons. The molecule has 0 atom stereocenters. The number of fused-ring (bicyclic) bond motifs is 1. The molecule has 3 heteroatoms. The highest BCUT2D eigenvalue weighted by Gasteiger charge is 2.02. The number of para-hydroxylation sites is 1. The van der Waals surface area contributed by atoms with Crippen molar-refractivity contribution in [2.45, 2.75) is 6.61 Å². The van der Waals surface area contributed by atoms with E-state index in [-0.39, 0.29) is 6.61 Å². The van der Waals surface area contributed by atoms with Gasteiger partial charge in [0.2, 0.25) is 0 Å². The zero-order chi connectivity index (χ0) is 9.10. The third-order valence-corrected chi connectivity index (χ3v) is 1.75. The van der Waals surface area contributed by atoms with Gasteiger partial charge in [-0.05, 0) is 12.1 Å². The molecular weight excluding hydrogens is 168 g/mol. The Bertz CT molecular complexity index is 384. The highest BCUT2D eigenvalue weighted by Crippen LogP contribution is 2.18. The van der Waals surface area contributed by atoms with Crippen molar-refractivity contribution >= 4 is 17.4 Å². The monoisotopic (exact) mass is 175 g/mol. The number of rotatable bonds is 3. The summed E-state index contributed by atoms with van der Waals surface area (Å²) in [5, 5.41) is 1.01. The smallest absolute Gasteiger partial charge is 0.417 e. The lowest BCUT2D eigenvalue weighted by Gasteiger charge is -1.89. The van der Waals surface area contributed by atoms with Gasteiger partial charge in [0.1, 0.15) is 18.0 Å². The second-order valence-corrected chi connectivity index (χ2v) is 2.62. The van der Waals surface area contributed by atoms with Gasteiger partial charge in [-0.15, -0.1) is 0 Å². The summed E-state index contributed by atoms with van der Waals surface area (Å²) in [7, 11) is 0. The number of ether oxygens (including phenoxy) is 1. The topological polar surface area (TPSA) is 39.4 Å². The highest BCUT2D eigenvalue weighted by atomic mass is 16.5. The molecule has 0 aliphatic carbocycles. The molecule has 1 aromatic heterocycles. The van der Waals surface area contributed by atoms with Gasteiger partial charge >= 0.3 is 6.47 Å². The highest BCUT2D eigenvalue weighted by molar-refractivity contribution is 5.77. The van der Waals surface area contributed by atoms with Gasteiger partial charge in [-0.1, -0.05) is 18.2 Å². The summed E-state index contributed by atoms with van der Waals surface area (Å²) in [5.74, 6) is 0.629. The van der Waals surface area contributed by atoms with Crippen LogP contribution < -0.4 is 0 Å². The normalized spacial score (nSPS) is 10.2. The van der Waals surface area contributed by atoms with Gasteiger partial charge in [-0.3, -0.25) is 0 Å². The number of furan rings is 1. The third-order valence-electron chi connectivity index (χ3n) is 1.75. The van der Waals surface area contributed by atoms with Crippen LogP contribution in [0.25, 0.3) is 11.0 Å². The number of carbonyl (C=O) groups excluding carboxylic acids is 1. The molecule has 0 unspecified atom stereocenters. The SMILES string of the molecule is O=[C]OCc1cc2ccccc2o1. The number of hydrogen-bond acceptors (Lipinski definition) is 3. The van der Waals surface area contributed by atoms with E-state index in [1.54, 1.807) is 0 Å². The van der Waals surface area contributed by atoms with Crippen molar-refractivity contribution in [1.82, 2.24) is 0 Å². The Hall–Kier alpha value is -1.77. The van der Waals surface area contributed by atoms with Crippen LogP contribution in [0.3, 0.4) is 0 Å². The summed E-state index contributed by atoms with van der Waals surface area (Å²) in [6.07, 6.45) is 0. The molecule has 0 saturated carbocycles. The number of hydrogen-bond donors (Lipinski definition) is 0. The molecule has 1 aromatic carbocycles. The van der Waals surface area contributed by atoms with Gasteiger partial charge in [-0.2, -0.15) is 0 Å². The van der Waals surface area contributed by atoms with Gasteiger partial charge in [-0.25, -0.2) is 4.79 Å². The molecule has 0 fully saturated rings. The van der Waals surface area contributed by atoms with E-state index >= 15 is 0 Å². The van der Waals surface area contributed by atoms with Gasteiger partial charge < -0.3 is 9.15 Å². The Morgan fingerprint density at radius 3 is 3.00 bits per heavy atom. The standard InChI is InChI=1S/C10H7O3/c11-7-12-6-9-5-8-3-1-2-4-10(8)13-9/h1-5H,6H2. The summed E-state index contributed by atoms with van der Waals surface area (Å²) in [5.41, 5.74) is 0.798. The zero-order valence-electron chi connectivity index (χ0n) is 6.82. The van der Waals surface area contributed by atoms with Crippen molar-refractivity contribution in [3.8, 4) is 0 Å². The minimum atomic E-state index is 0.137. The molecule has 0 aliphatic heterocycles. The van der Waals surface area contributed by atoms with Crippen LogP contribution in [0.2, 0.25) is 0 Å². The van der Waals surface area contributed by atoms with Crippen molar-refractivity contribution in [2.75, 3.05) is 0 Å². The van der Waals surface area contributed by atoms with Crippen LogP contribution in [0, 0.1) is 0 Å². The molecule has 0 amide bonds. The molecule has 0 aliphatic rings. The van der Waals surface area contributed by atoms with E-state index in [1.807, 2.05) is 30.3 Å². The lowest BCUT2D eigenvalue weighted by Crippen LogP contribution is -1.85. The first-order valence-electron chi connectivity index (χ1n) is 3.86. The average molecular weight is 175 g/mol. The quantitative estimate of drug-likeness (QED) is 0.716. The van der Waals surface area contributed by atoms with E-state index in [0.29, 0.717) is 5.76 Å². The molecule has 0 bridgehead atoms. The van der Waals surface area contributed by atoms with Crippen LogP contribution >= 0.6 is 0 Å². The largest absolute Gasteiger partial charge is 0.457 e. The molecular formula is C10H7O3. The first-order valence-corrected chi connectivity index (χ1v) is 3.86. The lowest BCUT2D eigenvalue weighted by atomic mass is 10.2.